The lowest BCUT2D eigenvalue weighted by molar-refractivity contribution is -0.000795. The van der Waals surface area contributed by atoms with Crippen LogP contribution in [0, 0.1) is 11.3 Å². The van der Waals surface area contributed by atoms with Crippen molar-refractivity contribution in [1.82, 2.24) is 0 Å². The van der Waals surface area contributed by atoms with E-state index in [9.17, 15) is 4.79 Å². The van der Waals surface area contributed by atoms with Gasteiger partial charge in [-0.2, -0.15) is 0 Å². The van der Waals surface area contributed by atoms with E-state index in [1.165, 1.54) is 5.56 Å². The van der Waals surface area contributed by atoms with E-state index in [0.717, 1.165) is 12.0 Å². The fourth-order valence-corrected chi connectivity index (χ4v) is 4.19. The van der Waals surface area contributed by atoms with E-state index in [1.807, 2.05) is 36.4 Å². The van der Waals surface area contributed by atoms with E-state index in [0.29, 0.717) is 13.2 Å². The molecule has 3 rings (SSSR count). The Balaban J connectivity index is 1.79. The van der Waals surface area contributed by atoms with Crippen LogP contribution in [0.4, 0.5) is 4.79 Å². The molecule has 1 aliphatic carbocycles. The average molecular weight is 367 g/mol. The number of ether oxygens (including phenoxy) is 2. The fourth-order valence-electron chi connectivity index (χ4n) is 4.19. The Bertz CT molecular complexity index is 754. The van der Waals surface area contributed by atoms with E-state index < -0.39 is 6.09 Å². The smallest absolute Gasteiger partial charge is 0.404 e. The fraction of sp³-hybridized carbons (Fsp3) is 0.435. The van der Waals surface area contributed by atoms with Gasteiger partial charge in [0.15, 0.2) is 0 Å². The first-order chi connectivity index (χ1) is 12.8. The molecule has 0 bridgehead atoms. The number of rotatable bonds is 7. The zero-order valence-electron chi connectivity index (χ0n) is 16.4. The molecule has 144 valence electrons. The zero-order chi connectivity index (χ0) is 19.5. The number of nitrogens with two attached hydrogens (primary N) is 1. The predicted molar refractivity (Wildman–Crippen MR) is 106 cm³/mol. The third-order valence-corrected chi connectivity index (χ3v) is 5.38. The minimum atomic E-state index is -0.721. The van der Waals surface area contributed by atoms with Gasteiger partial charge < -0.3 is 15.2 Å². The molecule has 1 aliphatic rings. The summed E-state index contributed by atoms with van der Waals surface area (Å²) in [5.74, 6) is 0.284. The zero-order valence-corrected chi connectivity index (χ0v) is 16.4. The molecule has 1 amide bonds. The molecule has 2 N–H and O–H groups in total. The van der Waals surface area contributed by atoms with Gasteiger partial charge in [-0.1, -0.05) is 81.4 Å². The third-order valence-electron chi connectivity index (χ3n) is 5.38. The molecule has 3 atom stereocenters. The Kier molecular flexibility index (Phi) is 5.56. The summed E-state index contributed by atoms with van der Waals surface area (Å²) in [5.41, 5.74) is 7.26. The Morgan fingerprint density at radius 2 is 1.70 bits per heavy atom. The lowest BCUT2D eigenvalue weighted by atomic mass is 9.74. The van der Waals surface area contributed by atoms with Crippen LogP contribution in [-0.4, -0.2) is 18.8 Å². The van der Waals surface area contributed by atoms with E-state index in [1.54, 1.807) is 0 Å². The van der Waals surface area contributed by atoms with Gasteiger partial charge in [0.25, 0.3) is 0 Å². The van der Waals surface area contributed by atoms with E-state index in [2.05, 4.69) is 45.0 Å². The van der Waals surface area contributed by atoms with Crippen molar-refractivity contribution in [2.45, 2.75) is 45.3 Å². The van der Waals surface area contributed by atoms with Gasteiger partial charge in [0.1, 0.15) is 6.10 Å². The van der Waals surface area contributed by atoms with Gasteiger partial charge >= 0.3 is 6.09 Å². The number of carbonyl (C=O) groups excluding carboxylic acids is 1. The van der Waals surface area contributed by atoms with Crippen LogP contribution in [0.3, 0.4) is 0 Å². The molecule has 4 nitrogen and oxygen atoms in total. The van der Waals surface area contributed by atoms with Crippen molar-refractivity contribution >= 4 is 6.09 Å². The minimum absolute atomic E-state index is 0.237. The van der Waals surface area contributed by atoms with E-state index in [4.69, 9.17) is 15.2 Å². The lowest BCUT2D eigenvalue weighted by Crippen LogP contribution is -2.44. The number of primary amides is 1. The molecule has 27 heavy (non-hydrogen) atoms. The van der Waals surface area contributed by atoms with Crippen LogP contribution in [0.25, 0.3) is 0 Å². The SMILES string of the molecule is CC(C)(C)C(OC(N)=O)[C@@]1(c2ccccc2)C[C@H]1COCc1ccccc1. The van der Waals surface area contributed by atoms with Gasteiger partial charge in [-0.15, -0.1) is 0 Å². The second kappa shape index (κ2) is 7.73. The summed E-state index contributed by atoms with van der Waals surface area (Å²) < 4.78 is 11.7. The van der Waals surface area contributed by atoms with Crippen LogP contribution in [0.5, 0.6) is 0 Å². The molecule has 0 radical (unpaired) electrons. The molecule has 4 heteroatoms. The number of carbonyl (C=O) groups is 1. The normalized spacial score (nSPS) is 22.9. The van der Waals surface area contributed by atoms with Crippen LogP contribution in [0.15, 0.2) is 60.7 Å². The first-order valence-corrected chi connectivity index (χ1v) is 9.47. The molecule has 0 heterocycles. The van der Waals surface area contributed by atoms with Crippen molar-refractivity contribution in [3.63, 3.8) is 0 Å². The molecular formula is C23H29NO3. The molecule has 0 aliphatic heterocycles. The molecule has 0 aromatic heterocycles. The molecule has 0 saturated heterocycles. The molecule has 1 saturated carbocycles. The summed E-state index contributed by atoms with van der Waals surface area (Å²) >= 11 is 0. The summed E-state index contributed by atoms with van der Waals surface area (Å²) in [5, 5.41) is 0. The summed E-state index contributed by atoms with van der Waals surface area (Å²) in [4.78, 5) is 11.6. The second-order valence-corrected chi connectivity index (χ2v) is 8.49. The van der Waals surface area contributed by atoms with Crippen LogP contribution in [0.2, 0.25) is 0 Å². The highest BCUT2D eigenvalue weighted by molar-refractivity contribution is 5.65. The highest BCUT2D eigenvalue weighted by Crippen LogP contribution is 2.61. The number of hydrogen-bond donors (Lipinski definition) is 1. The van der Waals surface area contributed by atoms with Crippen LogP contribution >= 0.6 is 0 Å². The maximum atomic E-state index is 11.6. The average Bonchev–Trinajstić information content (AvgIpc) is 3.35. The van der Waals surface area contributed by atoms with Crippen LogP contribution in [-0.2, 0) is 21.5 Å². The Morgan fingerprint density at radius 1 is 1.11 bits per heavy atom. The predicted octanol–water partition coefficient (Wildman–Crippen LogP) is 4.67. The van der Waals surface area contributed by atoms with E-state index >= 15 is 0 Å². The maximum Gasteiger partial charge on any atom is 0.404 e. The molecular weight excluding hydrogens is 338 g/mol. The number of amides is 1. The summed E-state index contributed by atoms with van der Waals surface area (Å²) in [6, 6.07) is 20.4. The molecule has 1 fully saturated rings. The quantitative estimate of drug-likeness (QED) is 0.773. The van der Waals surface area contributed by atoms with Crippen molar-refractivity contribution in [3.8, 4) is 0 Å². The second-order valence-electron chi connectivity index (χ2n) is 8.49. The first-order valence-electron chi connectivity index (χ1n) is 9.47. The van der Waals surface area contributed by atoms with Crippen molar-refractivity contribution in [1.29, 1.82) is 0 Å². The standard InChI is InChI=1S/C23H29NO3/c1-22(2,3)20(27-21(24)25)23(18-12-8-5-9-13-18)14-19(23)16-26-15-17-10-6-4-7-11-17/h4-13,19-20H,14-16H2,1-3H3,(H2,24,25)/t19-,20?,23+/m0/s1. The van der Waals surface area contributed by atoms with Gasteiger partial charge in [-0.3, -0.25) is 0 Å². The Labute approximate surface area is 161 Å². The molecule has 1 unspecified atom stereocenters. The number of benzene rings is 2. The first kappa shape index (κ1) is 19.4. The topological polar surface area (TPSA) is 61.5 Å². The van der Waals surface area contributed by atoms with Crippen molar-refractivity contribution in [2.75, 3.05) is 6.61 Å². The highest BCUT2D eigenvalue weighted by Gasteiger charge is 2.64. The van der Waals surface area contributed by atoms with Crippen LogP contribution < -0.4 is 5.73 Å². The number of hydrogen-bond acceptors (Lipinski definition) is 3. The highest BCUT2D eigenvalue weighted by atomic mass is 16.6. The van der Waals surface area contributed by atoms with Gasteiger partial charge in [0.05, 0.1) is 13.2 Å². The minimum Gasteiger partial charge on any atom is -0.445 e. The Hall–Kier alpha value is -2.33. The van der Waals surface area contributed by atoms with Crippen LogP contribution in [0.1, 0.15) is 38.3 Å². The third kappa shape index (κ3) is 4.33. The lowest BCUT2D eigenvalue weighted by Gasteiger charge is -2.37. The van der Waals surface area contributed by atoms with Gasteiger partial charge in [0.2, 0.25) is 0 Å². The monoisotopic (exact) mass is 367 g/mol. The van der Waals surface area contributed by atoms with Crippen molar-refractivity contribution < 1.29 is 14.3 Å². The van der Waals surface area contributed by atoms with Crippen molar-refractivity contribution in [3.05, 3.63) is 71.8 Å². The molecule has 2 aromatic carbocycles. The summed E-state index contributed by atoms with van der Waals surface area (Å²) in [6.07, 6.45) is -0.114. The Morgan fingerprint density at radius 3 is 2.26 bits per heavy atom. The molecule has 0 spiro atoms. The molecule has 2 aromatic rings. The summed E-state index contributed by atoms with van der Waals surface area (Å²) in [7, 11) is 0. The van der Waals surface area contributed by atoms with Gasteiger partial charge in [-0.25, -0.2) is 4.79 Å². The largest absolute Gasteiger partial charge is 0.445 e. The van der Waals surface area contributed by atoms with Gasteiger partial charge in [0, 0.05) is 5.41 Å². The van der Waals surface area contributed by atoms with E-state index in [-0.39, 0.29) is 22.9 Å². The summed E-state index contributed by atoms with van der Waals surface area (Å²) in [6.45, 7) is 7.47. The maximum absolute atomic E-state index is 11.6. The van der Waals surface area contributed by atoms with Crippen molar-refractivity contribution in [2.24, 2.45) is 17.1 Å². The van der Waals surface area contributed by atoms with Gasteiger partial charge in [-0.05, 0) is 28.9 Å².